The molecule has 0 radical (unpaired) electrons. The van der Waals surface area contributed by atoms with Crippen LogP contribution in [0.2, 0.25) is 0 Å². The molecule has 2 aliphatic rings. The zero-order chi connectivity index (χ0) is 18.4. The third kappa shape index (κ3) is 2.72. The number of carbonyl (C=O) groups is 2. The highest BCUT2D eigenvalue weighted by Crippen LogP contribution is 2.34. The number of rotatable bonds is 4. The molecule has 0 saturated carbocycles. The number of amides is 2. The van der Waals surface area contributed by atoms with Gasteiger partial charge in [0.2, 0.25) is 0 Å². The Morgan fingerprint density at radius 3 is 2.92 bits per heavy atom. The Labute approximate surface area is 145 Å². The van der Waals surface area contributed by atoms with Gasteiger partial charge in [-0.3, -0.25) is 4.79 Å². The lowest BCUT2D eigenvalue weighted by atomic mass is 10.1. The number of anilines is 1. The molecule has 2 unspecified atom stereocenters. The fraction of sp³-hybridized carbons (Fsp3) is 0.312. The van der Waals surface area contributed by atoms with Crippen molar-refractivity contribution in [2.45, 2.75) is 18.8 Å². The highest BCUT2D eigenvalue weighted by Gasteiger charge is 2.42. The first-order valence-electron chi connectivity index (χ1n) is 7.82. The molecule has 0 spiro atoms. The molecule has 10 heteroatoms. The average molecular weight is 364 g/mol. The molecule has 136 valence electrons. The number of fused-ring (bicyclic) bond motifs is 2. The second-order valence-corrected chi connectivity index (χ2v) is 6.05. The maximum atomic E-state index is 12.7. The molecule has 2 aromatic rings. The van der Waals surface area contributed by atoms with Gasteiger partial charge in [-0.15, -0.1) is 0 Å². The lowest BCUT2D eigenvalue weighted by Crippen LogP contribution is -2.32. The highest BCUT2D eigenvalue weighted by atomic mass is 19.3. The van der Waals surface area contributed by atoms with E-state index < -0.39 is 18.6 Å². The van der Waals surface area contributed by atoms with Gasteiger partial charge < -0.3 is 25.4 Å². The van der Waals surface area contributed by atoms with Crippen LogP contribution in [-0.2, 0) is 4.74 Å². The molecule has 0 aliphatic carbocycles. The summed E-state index contributed by atoms with van der Waals surface area (Å²) in [7, 11) is 0. The summed E-state index contributed by atoms with van der Waals surface area (Å²) in [5.74, 6) is -0.657. The Hall–Kier alpha value is -3.17. The van der Waals surface area contributed by atoms with E-state index in [0.29, 0.717) is 29.7 Å². The van der Waals surface area contributed by atoms with Crippen molar-refractivity contribution in [1.82, 2.24) is 10.3 Å². The quantitative estimate of drug-likeness (QED) is 0.845. The molecule has 3 N–H and O–H groups in total. The standard InChI is InChI=1S/C16H14F2N4O4/c17-15(18)25-11-4-8-7(3-9(11)13(19)23)1-2-20-14(8)22-5-10-12(6-22)26-16(24)21-10/h1-4,10,12,15H,5-6H2,(H2,19,23)(H,21,24). The predicted molar refractivity (Wildman–Crippen MR) is 86.3 cm³/mol. The zero-order valence-electron chi connectivity index (χ0n) is 13.3. The molecule has 1 aromatic heterocycles. The smallest absolute Gasteiger partial charge is 0.407 e. The van der Waals surface area contributed by atoms with Crippen molar-refractivity contribution in [3.63, 3.8) is 0 Å². The number of hydrogen-bond acceptors (Lipinski definition) is 6. The van der Waals surface area contributed by atoms with Gasteiger partial charge in [0.05, 0.1) is 18.2 Å². The Balaban J connectivity index is 1.76. The Bertz CT molecular complexity index is 891. The summed E-state index contributed by atoms with van der Waals surface area (Å²) in [4.78, 5) is 29.0. The lowest BCUT2D eigenvalue weighted by Gasteiger charge is -2.20. The first-order chi connectivity index (χ1) is 12.4. The number of aromatic nitrogens is 1. The summed E-state index contributed by atoms with van der Waals surface area (Å²) in [6.07, 6.45) is 0.786. The van der Waals surface area contributed by atoms with E-state index in [2.05, 4.69) is 15.0 Å². The van der Waals surface area contributed by atoms with E-state index in [-0.39, 0.29) is 23.5 Å². The van der Waals surface area contributed by atoms with E-state index in [1.54, 1.807) is 12.3 Å². The van der Waals surface area contributed by atoms with Crippen molar-refractivity contribution in [1.29, 1.82) is 0 Å². The molecule has 26 heavy (non-hydrogen) atoms. The number of alkyl halides is 2. The molecular formula is C16H14F2N4O4. The van der Waals surface area contributed by atoms with Crippen LogP contribution in [0.1, 0.15) is 10.4 Å². The van der Waals surface area contributed by atoms with Crippen LogP contribution in [-0.4, -0.2) is 48.8 Å². The first-order valence-corrected chi connectivity index (χ1v) is 7.82. The van der Waals surface area contributed by atoms with Gasteiger partial charge in [0, 0.05) is 18.1 Å². The number of benzene rings is 1. The van der Waals surface area contributed by atoms with E-state index in [9.17, 15) is 18.4 Å². The van der Waals surface area contributed by atoms with E-state index in [1.807, 2.05) is 4.90 Å². The summed E-state index contributed by atoms with van der Waals surface area (Å²) in [5.41, 5.74) is 5.13. The summed E-state index contributed by atoms with van der Waals surface area (Å²) < 4.78 is 35.0. The monoisotopic (exact) mass is 364 g/mol. The number of nitrogens with one attached hydrogen (secondary N) is 1. The van der Waals surface area contributed by atoms with Crippen molar-refractivity contribution in [2.75, 3.05) is 18.0 Å². The minimum Gasteiger partial charge on any atom is -0.442 e. The van der Waals surface area contributed by atoms with E-state index in [0.717, 1.165) is 0 Å². The highest BCUT2D eigenvalue weighted by molar-refractivity contribution is 6.03. The molecule has 1 aromatic carbocycles. The fourth-order valence-corrected chi connectivity index (χ4v) is 3.35. The average Bonchev–Trinajstić information content (AvgIpc) is 3.10. The van der Waals surface area contributed by atoms with Crippen molar-refractivity contribution in [2.24, 2.45) is 5.73 Å². The van der Waals surface area contributed by atoms with Crippen molar-refractivity contribution < 1.29 is 27.8 Å². The van der Waals surface area contributed by atoms with Gasteiger partial charge in [0.15, 0.2) is 0 Å². The molecule has 3 heterocycles. The molecule has 4 rings (SSSR count). The Morgan fingerprint density at radius 1 is 1.42 bits per heavy atom. The SMILES string of the molecule is NC(=O)c1cc2ccnc(N3CC4NC(=O)OC4C3)c2cc1OC(F)F. The van der Waals surface area contributed by atoms with Gasteiger partial charge in [-0.2, -0.15) is 8.78 Å². The number of primary amides is 1. The predicted octanol–water partition coefficient (Wildman–Crippen LogP) is 1.23. The summed E-state index contributed by atoms with van der Waals surface area (Å²) in [5, 5.41) is 3.84. The normalized spacial score (nSPS) is 21.7. The maximum absolute atomic E-state index is 12.7. The third-order valence-corrected chi connectivity index (χ3v) is 4.45. The molecule has 2 saturated heterocycles. The van der Waals surface area contributed by atoms with E-state index >= 15 is 0 Å². The van der Waals surface area contributed by atoms with Gasteiger partial charge in [0.1, 0.15) is 17.7 Å². The van der Waals surface area contributed by atoms with E-state index in [4.69, 9.17) is 10.5 Å². The van der Waals surface area contributed by atoms with Gasteiger partial charge >= 0.3 is 12.7 Å². The number of nitrogens with zero attached hydrogens (tertiary/aromatic N) is 2. The summed E-state index contributed by atoms with van der Waals surface area (Å²) in [6.45, 7) is -2.22. The molecule has 2 atom stereocenters. The number of nitrogens with two attached hydrogens (primary N) is 1. The van der Waals surface area contributed by atoms with E-state index in [1.165, 1.54) is 12.1 Å². The topological polar surface area (TPSA) is 107 Å². The second kappa shape index (κ2) is 5.97. The number of alkyl carbamates (subject to hydrolysis) is 1. The van der Waals surface area contributed by atoms with Crippen molar-refractivity contribution >= 4 is 28.6 Å². The number of halogens is 2. The third-order valence-electron chi connectivity index (χ3n) is 4.45. The van der Waals surface area contributed by atoms with Crippen LogP contribution >= 0.6 is 0 Å². The maximum Gasteiger partial charge on any atom is 0.407 e. The van der Waals surface area contributed by atoms with Crippen molar-refractivity contribution in [3.8, 4) is 5.75 Å². The summed E-state index contributed by atoms with van der Waals surface area (Å²) in [6, 6.07) is 4.21. The number of hydrogen-bond donors (Lipinski definition) is 2. The first kappa shape index (κ1) is 16.3. The number of pyridine rings is 1. The fourth-order valence-electron chi connectivity index (χ4n) is 3.35. The number of carbonyl (C=O) groups excluding carboxylic acids is 2. The van der Waals surface area contributed by atoms with Gasteiger partial charge in [-0.05, 0) is 23.6 Å². The zero-order valence-corrected chi connectivity index (χ0v) is 13.3. The molecule has 8 nitrogen and oxygen atoms in total. The largest absolute Gasteiger partial charge is 0.442 e. The summed E-state index contributed by atoms with van der Waals surface area (Å²) >= 11 is 0. The van der Waals surface area contributed by atoms with Crippen LogP contribution in [0, 0.1) is 0 Å². The molecule has 2 aliphatic heterocycles. The van der Waals surface area contributed by atoms with Crippen LogP contribution < -0.4 is 20.7 Å². The van der Waals surface area contributed by atoms with Gasteiger partial charge in [0.25, 0.3) is 5.91 Å². The minimum absolute atomic E-state index is 0.135. The Morgan fingerprint density at radius 2 is 2.23 bits per heavy atom. The second-order valence-electron chi connectivity index (χ2n) is 6.05. The minimum atomic E-state index is -3.10. The van der Waals surface area contributed by atoms with Crippen LogP contribution in [0.3, 0.4) is 0 Å². The van der Waals surface area contributed by atoms with Crippen LogP contribution in [0.15, 0.2) is 24.4 Å². The Kier molecular flexibility index (Phi) is 3.74. The van der Waals surface area contributed by atoms with Crippen LogP contribution in [0.25, 0.3) is 10.8 Å². The molecule has 2 fully saturated rings. The molecular weight excluding hydrogens is 350 g/mol. The van der Waals surface area contributed by atoms with Crippen LogP contribution in [0.5, 0.6) is 5.75 Å². The van der Waals surface area contributed by atoms with Crippen LogP contribution in [0.4, 0.5) is 19.4 Å². The lowest BCUT2D eigenvalue weighted by molar-refractivity contribution is -0.0500. The molecule has 0 bridgehead atoms. The van der Waals surface area contributed by atoms with Crippen molar-refractivity contribution in [3.05, 3.63) is 30.0 Å². The van der Waals surface area contributed by atoms with Gasteiger partial charge in [-0.25, -0.2) is 9.78 Å². The number of ether oxygens (including phenoxy) is 2. The molecule has 2 amide bonds. The van der Waals surface area contributed by atoms with Gasteiger partial charge in [-0.1, -0.05) is 0 Å².